The Balaban J connectivity index is 1.88. The standard InChI is InChI=1S/C16H17FN4O4/c1-25-13-4-2-3-11(17)15(13)16(24)21-7-9(5-14(22)23)10(8-21)12-6-18-20-19-12/h2-4,6,9-10H,5,7-8H2,1H3,(H,22,23)(H,18,19,20)/t9-,10+/m0/s1. The maximum absolute atomic E-state index is 14.2. The summed E-state index contributed by atoms with van der Waals surface area (Å²) in [5.74, 6) is -2.64. The summed E-state index contributed by atoms with van der Waals surface area (Å²) in [6, 6.07) is 4.16. The van der Waals surface area contributed by atoms with Crippen LogP contribution in [0.15, 0.2) is 24.4 Å². The van der Waals surface area contributed by atoms with Gasteiger partial charge in [-0.2, -0.15) is 15.4 Å². The molecule has 2 aromatic rings. The number of hydrogen-bond acceptors (Lipinski definition) is 5. The number of rotatable bonds is 5. The van der Waals surface area contributed by atoms with E-state index >= 15 is 0 Å². The van der Waals surface area contributed by atoms with Gasteiger partial charge in [0.05, 0.1) is 25.4 Å². The number of hydrogen-bond donors (Lipinski definition) is 2. The monoisotopic (exact) mass is 348 g/mol. The van der Waals surface area contributed by atoms with Gasteiger partial charge in [0, 0.05) is 19.0 Å². The Kier molecular flexibility index (Phi) is 4.64. The summed E-state index contributed by atoms with van der Waals surface area (Å²) in [7, 11) is 1.36. The normalized spacial score (nSPS) is 19.8. The smallest absolute Gasteiger partial charge is 0.303 e. The fourth-order valence-electron chi connectivity index (χ4n) is 3.23. The topological polar surface area (TPSA) is 108 Å². The number of ether oxygens (including phenoxy) is 1. The van der Waals surface area contributed by atoms with Crippen LogP contribution in [-0.4, -0.2) is 57.5 Å². The van der Waals surface area contributed by atoms with E-state index in [0.717, 1.165) is 0 Å². The van der Waals surface area contributed by atoms with Gasteiger partial charge in [-0.25, -0.2) is 4.39 Å². The zero-order valence-electron chi connectivity index (χ0n) is 13.5. The van der Waals surface area contributed by atoms with Gasteiger partial charge in [-0.3, -0.25) is 9.59 Å². The number of carboxylic acid groups (broad SMARTS) is 1. The molecular weight excluding hydrogens is 331 g/mol. The third-order valence-electron chi connectivity index (χ3n) is 4.39. The van der Waals surface area contributed by atoms with Crippen LogP contribution in [0.5, 0.6) is 5.75 Å². The third-order valence-corrected chi connectivity index (χ3v) is 4.39. The van der Waals surface area contributed by atoms with Gasteiger partial charge in [0.25, 0.3) is 5.91 Å². The molecule has 0 radical (unpaired) electrons. The molecule has 9 heteroatoms. The highest BCUT2D eigenvalue weighted by Gasteiger charge is 2.40. The first-order valence-corrected chi connectivity index (χ1v) is 7.70. The molecule has 1 saturated heterocycles. The number of carbonyl (C=O) groups is 2. The molecule has 2 atom stereocenters. The summed E-state index contributed by atoms with van der Waals surface area (Å²) in [5.41, 5.74) is 0.432. The predicted molar refractivity (Wildman–Crippen MR) is 83.7 cm³/mol. The molecule has 0 saturated carbocycles. The van der Waals surface area contributed by atoms with Crippen LogP contribution in [0.3, 0.4) is 0 Å². The van der Waals surface area contributed by atoms with Crippen molar-refractivity contribution in [3.05, 3.63) is 41.5 Å². The van der Waals surface area contributed by atoms with Gasteiger partial charge in [0.2, 0.25) is 0 Å². The number of aromatic nitrogens is 3. The van der Waals surface area contributed by atoms with E-state index in [0.29, 0.717) is 5.69 Å². The van der Waals surface area contributed by atoms with Gasteiger partial charge >= 0.3 is 5.97 Å². The van der Waals surface area contributed by atoms with Gasteiger partial charge in [-0.1, -0.05) is 6.07 Å². The first-order valence-electron chi connectivity index (χ1n) is 7.70. The van der Waals surface area contributed by atoms with Crippen molar-refractivity contribution in [3.8, 4) is 5.75 Å². The van der Waals surface area contributed by atoms with Crippen LogP contribution in [0.4, 0.5) is 4.39 Å². The number of nitrogens with zero attached hydrogens (tertiary/aromatic N) is 3. The Bertz CT molecular complexity index is 780. The van der Waals surface area contributed by atoms with Crippen LogP contribution in [0.2, 0.25) is 0 Å². The molecule has 3 rings (SSSR count). The predicted octanol–water partition coefficient (Wildman–Crippen LogP) is 1.28. The average molecular weight is 348 g/mol. The number of amides is 1. The number of aliphatic carboxylic acids is 1. The van der Waals surface area contributed by atoms with Crippen molar-refractivity contribution in [2.45, 2.75) is 12.3 Å². The van der Waals surface area contributed by atoms with Crippen LogP contribution >= 0.6 is 0 Å². The van der Waals surface area contributed by atoms with E-state index in [2.05, 4.69) is 15.4 Å². The van der Waals surface area contributed by atoms with Gasteiger partial charge in [0.1, 0.15) is 17.1 Å². The van der Waals surface area contributed by atoms with E-state index in [1.54, 1.807) is 0 Å². The van der Waals surface area contributed by atoms with Crippen molar-refractivity contribution in [3.63, 3.8) is 0 Å². The number of likely N-dealkylation sites (tertiary alicyclic amines) is 1. The van der Waals surface area contributed by atoms with E-state index in [-0.39, 0.29) is 42.7 Å². The molecule has 25 heavy (non-hydrogen) atoms. The largest absolute Gasteiger partial charge is 0.496 e. The number of carbonyl (C=O) groups excluding carboxylic acids is 1. The molecule has 1 aliphatic heterocycles. The zero-order valence-corrected chi connectivity index (χ0v) is 13.5. The number of nitrogens with one attached hydrogen (secondary N) is 1. The molecule has 0 unspecified atom stereocenters. The lowest BCUT2D eigenvalue weighted by molar-refractivity contribution is -0.138. The second-order valence-electron chi connectivity index (χ2n) is 5.89. The van der Waals surface area contributed by atoms with Gasteiger partial charge in [-0.05, 0) is 18.1 Å². The number of methoxy groups -OCH3 is 1. The summed E-state index contributed by atoms with van der Waals surface area (Å²) in [4.78, 5) is 25.4. The Morgan fingerprint density at radius 3 is 2.88 bits per heavy atom. The molecule has 1 aromatic carbocycles. The van der Waals surface area contributed by atoms with Crippen LogP contribution < -0.4 is 4.74 Å². The minimum Gasteiger partial charge on any atom is -0.496 e. The van der Waals surface area contributed by atoms with Crippen LogP contribution in [0, 0.1) is 11.7 Å². The summed E-state index contributed by atoms with van der Waals surface area (Å²) >= 11 is 0. The molecule has 132 valence electrons. The molecular formula is C16H17FN4O4. The van der Waals surface area contributed by atoms with Crippen molar-refractivity contribution in [1.82, 2.24) is 20.3 Å². The van der Waals surface area contributed by atoms with Gasteiger partial charge in [-0.15, -0.1) is 0 Å². The zero-order chi connectivity index (χ0) is 18.0. The fourth-order valence-corrected chi connectivity index (χ4v) is 3.23. The summed E-state index contributed by atoms with van der Waals surface area (Å²) in [6.07, 6.45) is 1.40. The molecule has 1 fully saturated rings. The van der Waals surface area contributed by atoms with E-state index in [1.807, 2.05) is 0 Å². The summed E-state index contributed by atoms with van der Waals surface area (Å²) < 4.78 is 19.3. The molecule has 0 spiro atoms. The first-order chi connectivity index (χ1) is 12.0. The number of carboxylic acids is 1. The maximum Gasteiger partial charge on any atom is 0.303 e. The lowest BCUT2D eigenvalue weighted by Crippen LogP contribution is -2.30. The molecule has 8 nitrogen and oxygen atoms in total. The van der Waals surface area contributed by atoms with Crippen LogP contribution in [0.1, 0.15) is 28.4 Å². The number of aromatic amines is 1. The Hall–Kier alpha value is -2.97. The van der Waals surface area contributed by atoms with Crippen molar-refractivity contribution < 1.29 is 23.8 Å². The van der Waals surface area contributed by atoms with Crippen molar-refractivity contribution in [2.24, 2.45) is 5.92 Å². The Morgan fingerprint density at radius 1 is 1.44 bits per heavy atom. The summed E-state index contributed by atoms with van der Waals surface area (Å²) in [6.45, 7) is 0.431. The third kappa shape index (κ3) is 3.30. The SMILES string of the molecule is COc1cccc(F)c1C(=O)N1C[C@H](CC(=O)O)[C@H](c2cn[nH]n2)C1. The van der Waals surface area contributed by atoms with E-state index < -0.39 is 17.7 Å². The van der Waals surface area contributed by atoms with Crippen molar-refractivity contribution in [2.75, 3.05) is 20.2 Å². The molecule has 2 N–H and O–H groups in total. The molecule has 1 aromatic heterocycles. The molecule has 1 aliphatic rings. The lowest BCUT2D eigenvalue weighted by Gasteiger charge is -2.18. The molecule has 1 amide bonds. The van der Waals surface area contributed by atoms with Crippen molar-refractivity contribution in [1.29, 1.82) is 0 Å². The van der Waals surface area contributed by atoms with Gasteiger partial charge < -0.3 is 14.7 Å². The Morgan fingerprint density at radius 2 is 2.24 bits per heavy atom. The summed E-state index contributed by atoms with van der Waals surface area (Å²) in [5, 5.41) is 19.4. The average Bonchev–Trinajstić information content (AvgIpc) is 3.22. The highest BCUT2D eigenvalue weighted by molar-refractivity contribution is 5.97. The number of halogens is 1. The molecule has 2 heterocycles. The van der Waals surface area contributed by atoms with E-state index in [4.69, 9.17) is 9.84 Å². The highest BCUT2D eigenvalue weighted by Crippen LogP contribution is 2.35. The minimum atomic E-state index is -0.962. The molecule has 0 bridgehead atoms. The number of H-pyrrole nitrogens is 1. The van der Waals surface area contributed by atoms with Crippen molar-refractivity contribution >= 4 is 11.9 Å². The van der Waals surface area contributed by atoms with E-state index in [9.17, 15) is 14.0 Å². The van der Waals surface area contributed by atoms with Crippen LogP contribution in [0.25, 0.3) is 0 Å². The van der Waals surface area contributed by atoms with Crippen LogP contribution in [-0.2, 0) is 4.79 Å². The Labute approximate surface area is 142 Å². The van der Waals surface area contributed by atoms with E-state index in [1.165, 1.54) is 36.4 Å². The number of benzene rings is 1. The molecule has 0 aliphatic carbocycles. The minimum absolute atomic E-state index is 0.115. The maximum atomic E-state index is 14.2. The fraction of sp³-hybridized carbons (Fsp3) is 0.375. The van der Waals surface area contributed by atoms with Gasteiger partial charge in [0.15, 0.2) is 0 Å². The first kappa shape index (κ1) is 16.9. The second kappa shape index (κ2) is 6.88. The highest BCUT2D eigenvalue weighted by atomic mass is 19.1. The quantitative estimate of drug-likeness (QED) is 0.843. The lowest BCUT2D eigenvalue weighted by atomic mass is 9.91. The second-order valence-corrected chi connectivity index (χ2v) is 5.89.